The largest absolute Gasteiger partial charge is 0.295 e. The monoisotopic (exact) mass is 164 g/mol. The Kier molecular flexibility index (Phi) is 1.72. The van der Waals surface area contributed by atoms with Crippen LogP contribution >= 0.6 is 0 Å². The van der Waals surface area contributed by atoms with Crippen molar-refractivity contribution in [2.75, 3.05) is 0 Å². The Labute approximate surface area is 59.4 Å². The smallest absolute Gasteiger partial charge is 0.186 e. The van der Waals surface area contributed by atoms with Gasteiger partial charge in [0.15, 0.2) is 23.3 Å². The zero-order valence-electron chi connectivity index (χ0n) is 5.09. The Morgan fingerprint density at radius 1 is 0.909 bits per heavy atom. The van der Waals surface area contributed by atoms with Gasteiger partial charge in [-0.15, -0.1) is 0 Å². The highest BCUT2D eigenvalue weighted by Crippen LogP contribution is 2.21. The van der Waals surface area contributed by atoms with Crippen LogP contribution in [-0.2, 0) is 0 Å². The van der Waals surface area contributed by atoms with Gasteiger partial charge in [0.25, 0.3) is 0 Å². The summed E-state index contributed by atoms with van der Waals surface area (Å²) >= 11 is 0. The van der Waals surface area contributed by atoms with Gasteiger partial charge in [0, 0.05) is 6.07 Å². The summed E-state index contributed by atoms with van der Waals surface area (Å²) in [5.74, 6) is -6.48. The number of hydrogen-bond donors (Lipinski definition) is 0. The maximum atomic E-state index is 12.2. The molecule has 0 saturated carbocycles. The molecule has 11 heavy (non-hydrogen) atoms. The van der Waals surface area contributed by atoms with E-state index in [4.69, 9.17) is 5.73 Å². The van der Waals surface area contributed by atoms with E-state index < -0.39 is 29.0 Å². The fourth-order valence-corrected chi connectivity index (χ4v) is 0.573. The summed E-state index contributed by atoms with van der Waals surface area (Å²) in [4.78, 5) is 0. The van der Waals surface area contributed by atoms with Crippen LogP contribution in [0.1, 0.15) is 0 Å². The summed E-state index contributed by atoms with van der Waals surface area (Å²) in [6, 6.07) is 0.0582. The summed E-state index contributed by atoms with van der Waals surface area (Å²) in [5, 5.41) is 0. The molecule has 1 aromatic carbocycles. The third-order valence-electron chi connectivity index (χ3n) is 1.11. The van der Waals surface area contributed by atoms with Crippen molar-refractivity contribution in [1.29, 1.82) is 0 Å². The van der Waals surface area contributed by atoms with E-state index in [2.05, 4.69) is 0 Å². The molecule has 0 unspecified atom stereocenters. The van der Waals surface area contributed by atoms with Gasteiger partial charge >= 0.3 is 0 Å². The number of rotatable bonds is 0. The standard InChI is InChI=1S/C6H2F4N/c7-2-1-3(8)5(10)6(11)4(2)9/h1,11H. The van der Waals surface area contributed by atoms with Crippen LogP contribution in [0.5, 0.6) is 0 Å². The summed E-state index contributed by atoms with van der Waals surface area (Å²) in [7, 11) is 0. The molecule has 1 aromatic rings. The first-order valence-corrected chi connectivity index (χ1v) is 2.58. The van der Waals surface area contributed by atoms with Crippen molar-refractivity contribution in [3.63, 3.8) is 0 Å². The molecule has 0 aromatic heterocycles. The quantitative estimate of drug-likeness (QED) is 0.414. The second-order valence-corrected chi connectivity index (χ2v) is 1.84. The van der Waals surface area contributed by atoms with Crippen LogP contribution in [0.15, 0.2) is 6.07 Å². The highest BCUT2D eigenvalue weighted by molar-refractivity contribution is 5.38. The van der Waals surface area contributed by atoms with E-state index >= 15 is 0 Å². The van der Waals surface area contributed by atoms with Crippen molar-refractivity contribution in [3.05, 3.63) is 29.3 Å². The van der Waals surface area contributed by atoms with Crippen LogP contribution < -0.4 is 5.73 Å². The third kappa shape index (κ3) is 1.13. The zero-order chi connectivity index (χ0) is 8.59. The Balaban J connectivity index is 3.46. The molecular weight excluding hydrogens is 162 g/mol. The van der Waals surface area contributed by atoms with Crippen molar-refractivity contribution >= 4 is 5.69 Å². The van der Waals surface area contributed by atoms with Gasteiger partial charge in [-0.2, -0.15) is 0 Å². The van der Waals surface area contributed by atoms with Crippen LogP contribution in [0.4, 0.5) is 23.2 Å². The first kappa shape index (κ1) is 7.84. The van der Waals surface area contributed by atoms with Gasteiger partial charge in [-0.1, -0.05) is 0 Å². The first-order valence-electron chi connectivity index (χ1n) is 2.58. The number of halogens is 4. The first-order chi connectivity index (χ1) is 5.04. The van der Waals surface area contributed by atoms with E-state index in [-0.39, 0.29) is 6.07 Å². The van der Waals surface area contributed by atoms with Crippen molar-refractivity contribution in [2.24, 2.45) is 0 Å². The predicted molar refractivity (Wildman–Crippen MR) is 29.0 cm³/mol. The molecule has 0 spiro atoms. The molecule has 0 saturated heterocycles. The van der Waals surface area contributed by atoms with E-state index in [0.717, 1.165) is 0 Å². The summed E-state index contributed by atoms with van der Waals surface area (Å²) in [6.07, 6.45) is 0. The van der Waals surface area contributed by atoms with Crippen molar-refractivity contribution in [3.8, 4) is 0 Å². The fraction of sp³-hybridized carbons (Fsp3) is 0. The van der Waals surface area contributed by atoms with Gasteiger partial charge in [0.05, 0.1) is 0 Å². The van der Waals surface area contributed by atoms with Gasteiger partial charge in [-0.3, -0.25) is 5.73 Å². The average Bonchev–Trinajstić information content (AvgIpc) is 1.97. The predicted octanol–water partition coefficient (Wildman–Crippen LogP) is 2.16. The van der Waals surface area contributed by atoms with Gasteiger partial charge in [-0.25, -0.2) is 17.6 Å². The molecule has 1 radical (unpaired) electrons. The van der Waals surface area contributed by atoms with Crippen LogP contribution in [0.25, 0.3) is 0 Å². The molecule has 5 heteroatoms. The zero-order valence-corrected chi connectivity index (χ0v) is 5.09. The van der Waals surface area contributed by atoms with E-state index in [1.165, 1.54) is 0 Å². The van der Waals surface area contributed by atoms with Gasteiger partial charge in [0.2, 0.25) is 0 Å². The minimum Gasteiger partial charge on any atom is -0.295 e. The Hall–Kier alpha value is -1.26. The molecular formula is C6H2F4N. The highest BCUT2D eigenvalue weighted by atomic mass is 19.2. The molecule has 0 fully saturated rings. The van der Waals surface area contributed by atoms with E-state index in [0.29, 0.717) is 0 Å². The molecule has 1 nitrogen and oxygen atoms in total. The summed E-state index contributed by atoms with van der Waals surface area (Å²) in [6.45, 7) is 0. The van der Waals surface area contributed by atoms with E-state index in [1.54, 1.807) is 0 Å². The second-order valence-electron chi connectivity index (χ2n) is 1.84. The summed E-state index contributed by atoms with van der Waals surface area (Å²) in [5.41, 5.74) is 5.11. The maximum absolute atomic E-state index is 12.2. The number of nitrogens with one attached hydrogen (secondary N) is 1. The Morgan fingerprint density at radius 2 is 1.27 bits per heavy atom. The maximum Gasteiger partial charge on any atom is 0.186 e. The van der Waals surface area contributed by atoms with Crippen LogP contribution in [0.3, 0.4) is 0 Å². The Bertz CT molecular complexity index is 271. The Morgan fingerprint density at radius 3 is 1.64 bits per heavy atom. The highest BCUT2D eigenvalue weighted by Gasteiger charge is 2.16. The van der Waals surface area contributed by atoms with E-state index in [1.807, 2.05) is 0 Å². The summed E-state index contributed by atoms with van der Waals surface area (Å²) < 4.78 is 48.6. The van der Waals surface area contributed by atoms with Crippen LogP contribution in [0.2, 0.25) is 0 Å². The van der Waals surface area contributed by atoms with Crippen molar-refractivity contribution in [1.82, 2.24) is 5.73 Å². The minimum atomic E-state index is -1.68. The molecule has 59 valence electrons. The molecule has 0 heterocycles. The molecule has 0 bridgehead atoms. The van der Waals surface area contributed by atoms with Gasteiger partial charge in [-0.05, 0) is 0 Å². The lowest BCUT2D eigenvalue weighted by atomic mass is 10.3. The second kappa shape index (κ2) is 2.41. The van der Waals surface area contributed by atoms with E-state index in [9.17, 15) is 17.6 Å². The minimum absolute atomic E-state index is 0.0582. The number of hydrogen-bond acceptors (Lipinski definition) is 0. The lowest BCUT2D eigenvalue weighted by molar-refractivity contribution is 0.456. The third-order valence-corrected chi connectivity index (χ3v) is 1.11. The van der Waals surface area contributed by atoms with Gasteiger partial charge < -0.3 is 0 Å². The van der Waals surface area contributed by atoms with Gasteiger partial charge in [0.1, 0.15) is 5.69 Å². The molecule has 1 rings (SSSR count). The molecule has 0 atom stereocenters. The molecule has 0 aliphatic carbocycles. The molecule has 1 N–H and O–H groups in total. The topological polar surface area (TPSA) is 23.8 Å². The molecule has 0 aliphatic heterocycles. The lowest BCUT2D eigenvalue weighted by Gasteiger charge is -1.98. The molecule has 0 amide bonds. The van der Waals surface area contributed by atoms with Crippen LogP contribution in [0, 0.1) is 23.3 Å². The number of benzene rings is 1. The van der Waals surface area contributed by atoms with Crippen molar-refractivity contribution in [2.45, 2.75) is 0 Å². The SMILES string of the molecule is [NH]c1c(F)c(F)cc(F)c1F. The molecule has 0 aliphatic rings. The normalized spacial score (nSPS) is 10.2. The fourth-order valence-electron chi connectivity index (χ4n) is 0.573. The van der Waals surface area contributed by atoms with Crippen molar-refractivity contribution < 1.29 is 17.6 Å². The lowest BCUT2D eigenvalue weighted by Crippen LogP contribution is -1.94. The average molecular weight is 164 g/mol. The van der Waals surface area contributed by atoms with Crippen LogP contribution in [-0.4, -0.2) is 0 Å².